The maximum atomic E-state index is 13.0. The number of carbonyl (C=O) groups excluding carboxylic acids is 1. The van der Waals surface area contributed by atoms with Crippen molar-refractivity contribution in [1.29, 1.82) is 0 Å². The van der Waals surface area contributed by atoms with Crippen molar-refractivity contribution in [3.63, 3.8) is 0 Å². The first-order chi connectivity index (χ1) is 29.7. The van der Waals surface area contributed by atoms with E-state index in [4.69, 9.17) is 9.47 Å². The summed E-state index contributed by atoms with van der Waals surface area (Å²) < 4.78 is 11.0. The molecular formula is C50H89NO10. The zero-order valence-electron chi connectivity index (χ0n) is 38.1. The molecule has 0 spiro atoms. The van der Waals surface area contributed by atoms with Crippen LogP contribution >= 0.6 is 0 Å². The summed E-state index contributed by atoms with van der Waals surface area (Å²) in [6, 6.07) is -1.23. The van der Waals surface area contributed by atoms with Gasteiger partial charge in [-0.2, -0.15) is 0 Å². The van der Waals surface area contributed by atoms with E-state index < -0.39 is 74.2 Å². The molecule has 9 unspecified atom stereocenters. The minimum Gasteiger partial charge on any atom is -0.394 e. The number of aliphatic hydroxyl groups excluding tert-OH is 7. The van der Waals surface area contributed by atoms with E-state index in [9.17, 15) is 40.5 Å². The molecule has 0 aliphatic carbocycles. The third-order valence-corrected chi connectivity index (χ3v) is 11.3. The molecule has 8 N–H and O–H groups in total. The van der Waals surface area contributed by atoms with Crippen LogP contribution in [-0.2, 0) is 14.3 Å². The molecule has 354 valence electrons. The molecule has 1 fully saturated rings. The van der Waals surface area contributed by atoms with Crippen molar-refractivity contribution >= 4 is 5.91 Å². The molecule has 11 heteroatoms. The number of hydrogen-bond donors (Lipinski definition) is 8. The Bertz CT molecular complexity index is 1170. The van der Waals surface area contributed by atoms with Crippen LogP contribution in [0.2, 0.25) is 0 Å². The highest BCUT2D eigenvalue weighted by atomic mass is 16.7. The summed E-state index contributed by atoms with van der Waals surface area (Å²) in [6.07, 6.45) is 37.3. The second-order valence-electron chi connectivity index (χ2n) is 16.8. The van der Waals surface area contributed by atoms with Crippen molar-refractivity contribution < 1.29 is 50.0 Å². The molecule has 1 amide bonds. The molecule has 0 aromatic heterocycles. The van der Waals surface area contributed by atoms with E-state index in [0.29, 0.717) is 19.3 Å². The summed E-state index contributed by atoms with van der Waals surface area (Å²) in [4.78, 5) is 13.0. The number of unbranched alkanes of at least 4 members (excludes halogenated alkanes) is 18. The van der Waals surface area contributed by atoms with Crippen LogP contribution in [0.15, 0.2) is 60.8 Å². The summed E-state index contributed by atoms with van der Waals surface area (Å²) in [6.45, 7) is 3.35. The molecule has 9 atom stereocenters. The molecule has 0 radical (unpaired) electrons. The Labute approximate surface area is 370 Å². The van der Waals surface area contributed by atoms with Crippen LogP contribution in [0.5, 0.6) is 0 Å². The van der Waals surface area contributed by atoms with Gasteiger partial charge in [-0.05, 0) is 77.0 Å². The van der Waals surface area contributed by atoms with E-state index in [1.165, 1.54) is 96.3 Å². The number of nitrogens with one attached hydrogen (secondary N) is 1. The van der Waals surface area contributed by atoms with Gasteiger partial charge in [0.05, 0.1) is 25.4 Å². The minimum absolute atomic E-state index is 0.0367. The van der Waals surface area contributed by atoms with Crippen LogP contribution in [-0.4, -0.2) is 110 Å². The zero-order valence-corrected chi connectivity index (χ0v) is 38.1. The first-order valence-electron chi connectivity index (χ1n) is 24.2. The molecule has 0 bridgehead atoms. The van der Waals surface area contributed by atoms with Gasteiger partial charge in [0.25, 0.3) is 0 Å². The molecule has 0 saturated carbocycles. The Morgan fingerprint density at radius 3 is 1.57 bits per heavy atom. The maximum absolute atomic E-state index is 13.0. The van der Waals surface area contributed by atoms with E-state index in [1.807, 2.05) is 6.08 Å². The minimum atomic E-state index is -1.68. The molecule has 1 heterocycles. The van der Waals surface area contributed by atoms with Crippen molar-refractivity contribution in [3.8, 4) is 0 Å². The lowest BCUT2D eigenvalue weighted by Gasteiger charge is -2.40. The highest BCUT2D eigenvalue weighted by Gasteiger charge is 2.44. The van der Waals surface area contributed by atoms with Gasteiger partial charge in [0.1, 0.15) is 36.6 Å². The van der Waals surface area contributed by atoms with E-state index in [-0.39, 0.29) is 12.8 Å². The molecule has 1 saturated heterocycles. The van der Waals surface area contributed by atoms with Gasteiger partial charge >= 0.3 is 0 Å². The highest BCUT2D eigenvalue weighted by Crippen LogP contribution is 2.23. The predicted molar refractivity (Wildman–Crippen MR) is 247 cm³/mol. The quantitative estimate of drug-likeness (QED) is 0.0220. The fourth-order valence-corrected chi connectivity index (χ4v) is 7.22. The zero-order chi connectivity index (χ0) is 44.8. The number of rotatable bonds is 39. The summed E-state index contributed by atoms with van der Waals surface area (Å²) in [5.74, 6) is -0.783. The topological polar surface area (TPSA) is 189 Å². The largest absolute Gasteiger partial charge is 0.394 e. The standard InChI is InChI=1S/C50H89NO10/c1-3-5-7-9-11-13-15-17-18-19-20-21-22-23-24-25-26-28-29-31-33-35-37-42(53)45(55)41(40-60-50-48(58)47(57)46(56)44(39-52)61-50)51-49(59)43(54)38-36-34-32-30-27-16-14-12-10-8-6-4-2/h20-21,24-25,27,29-31,34,36,41-48,50,52-58H,3-19,22-23,26,28,32-33,35,37-40H2,1-2H3,(H,51,59)/b21-20+,25-24+,30-27-,31-29+,36-34-. The number of carbonyl (C=O) groups is 1. The van der Waals surface area contributed by atoms with Crippen molar-refractivity contribution in [1.82, 2.24) is 5.32 Å². The van der Waals surface area contributed by atoms with Crippen LogP contribution < -0.4 is 5.32 Å². The van der Waals surface area contributed by atoms with Crippen molar-refractivity contribution in [3.05, 3.63) is 60.8 Å². The second-order valence-corrected chi connectivity index (χ2v) is 16.8. The lowest BCUT2D eigenvalue weighted by molar-refractivity contribution is -0.303. The first kappa shape index (κ1) is 56.8. The van der Waals surface area contributed by atoms with E-state index in [1.54, 1.807) is 6.08 Å². The highest BCUT2D eigenvalue weighted by molar-refractivity contribution is 5.81. The number of hydrogen-bond acceptors (Lipinski definition) is 10. The second kappa shape index (κ2) is 39.4. The number of aliphatic hydroxyl groups is 7. The average Bonchev–Trinajstić information content (AvgIpc) is 3.26. The fourth-order valence-electron chi connectivity index (χ4n) is 7.22. The molecule has 0 aromatic rings. The fraction of sp³-hybridized carbons (Fsp3) is 0.780. The number of amides is 1. The van der Waals surface area contributed by atoms with Crippen molar-refractivity contribution in [2.75, 3.05) is 13.2 Å². The van der Waals surface area contributed by atoms with Crippen LogP contribution in [0.3, 0.4) is 0 Å². The Morgan fingerprint density at radius 2 is 1.05 bits per heavy atom. The smallest absolute Gasteiger partial charge is 0.249 e. The Balaban J connectivity index is 2.49. The average molecular weight is 864 g/mol. The number of ether oxygens (including phenoxy) is 2. The predicted octanol–water partition coefficient (Wildman–Crippen LogP) is 8.33. The SMILES string of the molecule is CCCCCCCC/C=C\C/C=C\CC(O)C(=O)NC(COC1OC(CO)C(O)C(O)C1O)C(O)C(O)CCC/C=C/CC/C=C/CC/C=C/CCCCCCCCCCC. The van der Waals surface area contributed by atoms with Crippen LogP contribution in [0.4, 0.5) is 0 Å². The normalized spacial score (nSPS) is 22.0. The van der Waals surface area contributed by atoms with Gasteiger partial charge in [-0.25, -0.2) is 0 Å². The molecule has 1 rings (SSSR count). The monoisotopic (exact) mass is 864 g/mol. The van der Waals surface area contributed by atoms with Crippen LogP contribution in [0.1, 0.15) is 181 Å². The Hall–Kier alpha value is -2.19. The summed E-state index contributed by atoms with van der Waals surface area (Å²) in [7, 11) is 0. The van der Waals surface area contributed by atoms with Crippen LogP contribution in [0.25, 0.3) is 0 Å². The van der Waals surface area contributed by atoms with E-state index in [0.717, 1.165) is 38.5 Å². The van der Waals surface area contributed by atoms with Crippen molar-refractivity contribution in [2.24, 2.45) is 0 Å². The molecule has 11 nitrogen and oxygen atoms in total. The van der Waals surface area contributed by atoms with Gasteiger partial charge in [-0.1, -0.05) is 158 Å². The molecule has 61 heavy (non-hydrogen) atoms. The molecular weight excluding hydrogens is 775 g/mol. The lowest BCUT2D eigenvalue weighted by Crippen LogP contribution is -2.60. The van der Waals surface area contributed by atoms with Crippen molar-refractivity contribution in [2.45, 2.75) is 236 Å². The van der Waals surface area contributed by atoms with Gasteiger partial charge < -0.3 is 50.5 Å². The molecule has 0 aromatic carbocycles. The van der Waals surface area contributed by atoms with E-state index in [2.05, 4.69) is 67.8 Å². The Morgan fingerprint density at radius 1 is 0.590 bits per heavy atom. The Kier molecular flexibility index (Phi) is 36.7. The summed E-state index contributed by atoms with van der Waals surface area (Å²) >= 11 is 0. The molecule has 1 aliphatic rings. The van der Waals surface area contributed by atoms with Gasteiger partial charge in [-0.15, -0.1) is 0 Å². The number of allylic oxidation sites excluding steroid dienone is 9. The summed E-state index contributed by atoms with van der Waals surface area (Å²) in [5.41, 5.74) is 0. The van der Waals surface area contributed by atoms with Gasteiger partial charge in [0.15, 0.2) is 6.29 Å². The lowest BCUT2D eigenvalue weighted by atomic mass is 9.99. The van der Waals surface area contributed by atoms with Gasteiger partial charge in [0, 0.05) is 6.42 Å². The molecule has 1 aliphatic heterocycles. The maximum Gasteiger partial charge on any atom is 0.249 e. The van der Waals surface area contributed by atoms with Crippen LogP contribution in [0, 0.1) is 0 Å². The van der Waals surface area contributed by atoms with E-state index >= 15 is 0 Å². The first-order valence-corrected chi connectivity index (χ1v) is 24.2. The van der Waals surface area contributed by atoms with Gasteiger partial charge in [-0.3, -0.25) is 4.79 Å². The van der Waals surface area contributed by atoms with Gasteiger partial charge in [0.2, 0.25) is 5.91 Å². The third-order valence-electron chi connectivity index (χ3n) is 11.3. The third kappa shape index (κ3) is 29.0. The summed E-state index contributed by atoms with van der Waals surface area (Å²) in [5, 5.41) is 75.5.